The fourth-order valence-corrected chi connectivity index (χ4v) is 0.560. The molecular formula is C5H6ClN. The predicted molar refractivity (Wildman–Crippen MR) is 31.1 cm³/mol. The van der Waals surface area contributed by atoms with Crippen molar-refractivity contribution in [1.29, 1.82) is 0 Å². The molecule has 0 bridgehead atoms. The Balaban J connectivity index is 2.49. The first kappa shape index (κ1) is 4.72. The number of allylic oxidation sites excluding steroid dienone is 2. The lowest BCUT2D eigenvalue weighted by Crippen LogP contribution is -2.01. The van der Waals surface area contributed by atoms with Gasteiger partial charge in [-0.05, 0) is 24.6 Å². The van der Waals surface area contributed by atoms with E-state index in [4.69, 9.17) is 11.6 Å². The molecule has 0 radical (unpaired) electrons. The van der Waals surface area contributed by atoms with Crippen LogP contribution in [0.25, 0.3) is 0 Å². The Labute approximate surface area is 47.7 Å². The van der Waals surface area contributed by atoms with Crippen LogP contribution < -0.4 is 5.32 Å². The highest BCUT2D eigenvalue weighted by Gasteiger charge is 1.92. The highest BCUT2D eigenvalue weighted by Crippen LogP contribution is 2.00. The molecule has 0 atom stereocenters. The average molecular weight is 116 g/mol. The van der Waals surface area contributed by atoms with Gasteiger partial charge in [0.2, 0.25) is 0 Å². The van der Waals surface area contributed by atoms with E-state index in [1.54, 1.807) is 0 Å². The molecule has 0 aromatic heterocycles. The molecule has 1 aliphatic rings. The predicted octanol–water partition coefficient (Wildman–Crippen LogP) is 1.22. The summed E-state index contributed by atoms with van der Waals surface area (Å²) in [6.07, 6.45) is 7.39. The first-order valence-corrected chi connectivity index (χ1v) is 2.57. The quantitative estimate of drug-likeness (QED) is 0.468. The van der Waals surface area contributed by atoms with Crippen LogP contribution in [0.15, 0.2) is 24.6 Å². The lowest BCUT2D eigenvalue weighted by molar-refractivity contribution is 1.11. The number of rotatable bonds is 0. The first-order valence-electron chi connectivity index (χ1n) is 2.13. The Hall–Kier alpha value is -0.430. The molecule has 1 N–H and O–H groups in total. The second kappa shape index (κ2) is 2.03. The Bertz CT molecular complexity index is 94.6. The maximum atomic E-state index is 5.60. The van der Waals surface area contributed by atoms with Crippen LogP contribution in [0.1, 0.15) is 0 Å². The van der Waals surface area contributed by atoms with E-state index in [9.17, 15) is 0 Å². The van der Waals surface area contributed by atoms with Gasteiger partial charge in [0.1, 0.15) is 0 Å². The van der Waals surface area contributed by atoms with Gasteiger partial charge in [0.05, 0.1) is 5.38 Å². The Morgan fingerprint density at radius 3 is 2.14 bits per heavy atom. The van der Waals surface area contributed by atoms with Gasteiger partial charge in [-0.15, -0.1) is 11.6 Å². The van der Waals surface area contributed by atoms with E-state index in [0.717, 1.165) is 0 Å². The number of hydrogen-bond donors (Lipinski definition) is 1. The van der Waals surface area contributed by atoms with Crippen molar-refractivity contribution in [3.63, 3.8) is 0 Å². The molecule has 0 amide bonds. The fraction of sp³-hybridized carbons (Fsp3) is 0.200. The van der Waals surface area contributed by atoms with Gasteiger partial charge >= 0.3 is 0 Å². The molecule has 1 nitrogen and oxygen atoms in total. The maximum absolute atomic E-state index is 5.60. The minimum atomic E-state index is 0.0845. The summed E-state index contributed by atoms with van der Waals surface area (Å²) in [5, 5.41) is 2.95. The zero-order valence-electron chi connectivity index (χ0n) is 3.76. The molecule has 2 heteroatoms. The smallest absolute Gasteiger partial charge is 0.0730 e. The van der Waals surface area contributed by atoms with Gasteiger partial charge in [0, 0.05) is 0 Å². The number of halogens is 1. The molecule has 0 saturated carbocycles. The van der Waals surface area contributed by atoms with E-state index in [0.29, 0.717) is 0 Å². The van der Waals surface area contributed by atoms with Gasteiger partial charge in [0.25, 0.3) is 0 Å². The van der Waals surface area contributed by atoms with Crippen molar-refractivity contribution in [1.82, 2.24) is 5.32 Å². The van der Waals surface area contributed by atoms with Crippen LogP contribution in [-0.2, 0) is 0 Å². The van der Waals surface area contributed by atoms with Crippen molar-refractivity contribution in [2.45, 2.75) is 5.38 Å². The molecule has 0 aliphatic carbocycles. The van der Waals surface area contributed by atoms with Gasteiger partial charge in [0.15, 0.2) is 0 Å². The Kier molecular flexibility index (Phi) is 1.37. The molecule has 0 saturated heterocycles. The van der Waals surface area contributed by atoms with E-state index in [1.165, 1.54) is 0 Å². The highest BCUT2D eigenvalue weighted by atomic mass is 35.5. The normalized spacial score (nSPS) is 19.6. The van der Waals surface area contributed by atoms with Crippen molar-refractivity contribution < 1.29 is 0 Å². The van der Waals surface area contributed by atoms with E-state index in [1.807, 2.05) is 24.6 Å². The molecule has 38 valence electrons. The summed E-state index contributed by atoms with van der Waals surface area (Å²) in [7, 11) is 0. The topological polar surface area (TPSA) is 12.0 Å². The summed E-state index contributed by atoms with van der Waals surface area (Å²) in [6.45, 7) is 0. The van der Waals surface area contributed by atoms with Crippen LogP contribution >= 0.6 is 11.6 Å². The minimum Gasteiger partial charge on any atom is -0.368 e. The largest absolute Gasteiger partial charge is 0.368 e. The summed E-state index contributed by atoms with van der Waals surface area (Å²) in [4.78, 5) is 0. The van der Waals surface area contributed by atoms with Crippen molar-refractivity contribution in [3.8, 4) is 0 Å². The van der Waals surface area contributed by atoms with Crippen molar-refractivity contribution in [2.75, 3.05) is 0 Å². The van der Waals surface area contributed by atoms with E-state index < -0.39 is 0 Å². The van der Waals surface area contributed by atoms with Crippen LogP contribution in [0.2, 0.25) is 0 Å². The van der Waals surface area contributed by atoms with Crippen LogP contribution in [0.5, 0.6) is 0 Å². The molecule has 0 unspecified atom stereocenters. The lowest BCUT2D eigenvalue weighted by Gasteiger charge is -2.00. The lowest BCUT2D eigenvalue weighted by atomic mass is 10.3. The SMILES string of the molecule is ClC1C=CNC=C1. The molecule has 0 aromatic rings. The second-order valence-corrected chi connectivity index (χ2v) is 1.83. The number of alkyl halides is 1. The van der Waals surface area contributed by atoms with Crippen molar-refractivity contribution >= 4 is 11.6 Å². The van der Waals surface area contributed by atoms with Gasteiger partial charge < -0.3 is 5.32 Å². The summed E-state index contributed by atoms with van der Waals surface area (Å²) in [6, 6.07) is 0. The van der Waals surface area contributed by atoms with E-state index >= 15 is 0 Å². The third-order valence-electron chi connectivity index (χ3n) is 0.753. The van der Waals surface area contributed by atoms with E-state index in [-0.39, 0.29) is 5.38 Å². The first-order chi connectivity index (χ1) is 3.39. The average Bonchev–Trinajstić information content (AvgIpc) is 1.69. The Morgan fingerprint density at radius 1 is 1.29 bits per heavy atom. The maximum Gasteiger partial charge on any atom is 0.0730 e. The molecule has 1 rings (SSSR count). The summed E-state index contributed by atoms with van der Waals surface area (Å²) in [5.74, 6) is 0. The summed E-state index contributed by atoms with van der Waals surface area (Å²) < 4.78 is 0. The monoisotopic (exact) mass is 115 g/mol. The summed E-state index contributed by atoms with van der Waals surface area (Å²) >= 11 is 5.60. The number of dihydropyridines is 1. The minimum absolute atomic E-state index is 0.0845. The third-order valence-corrected chi connectivity index (χ3v) is 1.04. The molecule has 1 heterocycles. The van der Waals surface area contributed by atoms with Gasteiger partial charge in [-0.25, -0.2) is 0 Å². The number of hydrogen-bond acceptors (Lipinski definition) is 1. The summed E-state index contributed by atoms with van der Waals surface area (Å²) in [5.41, 5.74) is 0. The second-order valence-electron chi connectivity index (χ2n) is 1.33. The van der Waals surface area contributed by atoms with Gasteiger partial charge in [-0.3, -0.25) is 0 Å². The highest BCUT2D eigenvalue weighted by molar-refractivity contribution is 6.23. The van der Waals surface area contributed by atoms with E-state index in [2.05, 4.69) is 5.32 Å². The Morgan fingerprint density at radius 2 is 1.86 bits per heavy atom. The standard InChI is InChI=1S/C5H6ClN/c6-5-1-3-7-4-2-5/h1-5,7H. The van der Waals surface area contributed by atoms with Crippen LogP contribution in [0.3, 0.4) is 0 Å². The third kappa shape index (κ3) is 1.24. The zero-order chi connectivity index (χ0) is 5.11. The molecule has 1 aliphatic heterocycles. The van der Waals surface area contributed by atoms with Gasteiger partial charge in [-0.2, -0.15) is 0 Å². The fourth-order valence-electron chi connectivity index (χ4n) is 0.415. The molecule has 0 spiro atoms. The molecule has 0 aromatic carbocycles. The molecule has 7 heavy (non-hydrogen) atoms. The van der Waals surface area contributed by atoms with Crippen LogP contribution in [0, 0.1) is 0 Å². The van der Waals surface area contributed by atoms with Crippen molar-refractivity contribution in [2.24, 2.45) is 0 Å². The molecular weight excluding hydrogens is 110 g/mol. The van der Waals surface area contributed by atoms with Crippen LogP contribution in [-0.4, -0.2) is 5.38 Å². The zero-order valence-corrected chi connectivity index (χ0v) is 4.52. The number of nitrogens with one attached hydrogen (secondary N) is 1. The van der Waals surface area contributed by atoms with Gasteiger partial charge in [-0.1, -0.05) is 0 Å². The van der Waals surface area contributed by atoms with Crippen LogP contribution in [0.4, 0.5) is 0 Å². The van der Waals surface area contributed by atoms with Crippen molar-refractivity contribution in [3.05, 3.63) is 24.6 Å². The molecule has 0 fully saturated rings.